The maximum atomic E-state index is 12.1. The minimum Gasteiger partial charge on any atom is -0.481 e. The molecule has 3 atom stereocenters. The van der Waals surface area contributed by atoms with Crippen molar-refractivity contribution in [3.05, 3.63) is 18.2 Å². The Morgan fingerprint density at radius 3 is 2.41 bits per heavy atom. The molecule has 3 unspecified atom stereocenters. The van der Waals surface area contributed by atoms with Gasteiger partial charge in [-0.3, -0.25) is 19.2 Å². The van der Waals surface area contributed by atoms with Gasteiger partial charge in [0.1, 0.15) is 12.1 Å². The van der Waals surface area contributed by atoms with E-state index < -0.39 is 54.3 Å². The van der Waals surface area contributed by atoms with Crippen LogP contribution in [0.15, 0.2) is 12.5 Å². The highest BCUT2D eigenvalue weighted by atomic mass is 16.4. The fraction of sp³-hybridized carbons (Fsp3) is 0.500. The number of aromatic amines is 1. The summed E-state index contributed by atoms with van der Waals surface area (Å²) in [6, 6.07) is -3.38. The second-order valence-corrected chi connectivity index (χ2v) is 6.23. The van der Waals surface area contributed by atoms with Crippen LogP contribution in [-0.2, 0) is 30.4 Å². The van der Waals surface area contributed by atoms with Gasteiger partial charge in [0.25, 0.3) is 0 Å². The Morgan fingerprint density at radius 1 is 1.17 bits per heavy atom. The van der Waals surface area contributed by atoms with Crippen molar-refractivity contribution in [3.8, 4) is 0 Å². The molecule has 0 aliphatic heterocycles. The third-order valence-corrected chi connectivity index (χ3v) is 3.79. The highest BCUT2D eigenvalue weighted by Crippen LogP contribution is 2.00. The van der Waals surface area contributed by atoms with Crippen molar-refractivity contribution in [2.75, 3.05) is 6.54 Å². The molecule has 13 nitrogen and oxygen atoms in total. The zero-order chi connectivity index (χ0) is 22.0. The van der Waals surface area contributed by atoms with Crippen molar-refractivity contribution in [2.24, 2.45) is 5.73 Å². The molecule has 0 aliphatic rings. The number of carboxylic acid groups (broad SMARTS) is 2. The van der Waals surface area contributed by atoms with E-state index in [0.29, 0.717) is 5.69 Å². The molecule has 0 spiro atoms. The van der Waals surface area contributed by atoms with Crippen molar-refractivity contribution in [1.82, 2.24) is 25.9 Å². The molecule has 1 rings (SSSR count). The molecule has 0 saturated carbocycles. The van der Waals surface area contributed by atoms with E-state index in [1.807, 2.05) is 0 Å². The number of H-pyrrole nitrogens is 1. The van der Waals surface area contributed by atoms with Gasteiger partial charge in [0.15, 0.2) is 0 Å². The number of hydrogen-bond acceptors (Lipinski definition) is 7. The summed E-state index contributed by atoms with van der Waals surface area (Å²) in [6.45, 7) is 0.872. The standard InChI is InChI=1S/C16H24N6O7/c1-8(14(26)22-11(16(28)29)4-9-5-18-7-20-9)21-12(23)6-19-15(27)10(17)2-3-13(24)25/h5,7-8,10-11H,2-4,6,17H2,1H3,(H,18,20)(H,19,27)(H,21,23)(H,22,26)(H,24,25)(H,28,29). The van der Waals surface area contributed by atoms with Gasteiger partial charge in [0.2, 0.25) is 17.7 Å². The normalized spacial score (nSPS) is 13.6. The van der Waals surface area contributed by atoms with Crippen LogP contribution < -0.4 is 21.7 Å². The number of aromatic nitrogens is 2. The topological polar surface area (TPSA) is 217 Å². The van der Waals surface area contributed by atoms with Gasteiger partial charge in [-0.1, -0.05) is 0 Å². The monoisotopic (exact) mass is 412 g/mol. The summed E-state index contributed by atoms with van der Waals surface area (Å²) in [6.07, 6.45) is 2.40. The van der Waals surface area contributed by atoms with Gasteiger partial charge in [-0.25, -0.2) is 9.78 Å². The van der Waals surface area contributed by atoms with Crippen LogP contribution in [0.1, 0.15) is 25.5 Å². The lowest BCUT2D eigenvalue weighted by molar-refractivity contribution is -0.142. The summed E-state index contributed by atoms with van der Waals surface area (Å²) in [5, 5.41) is 24.6. The van der Waals surface area contributed by atoms with E-state index in [-0.39, 0.29) is 19.3 Å². The molecule has 13 heteroatoms. The maximum Gasteiger partial charge on any atom is 0.326 e. The Labute approximate surface area is 165 Å². The molecule has 0 saturated heterocycles. The van der Waals surface area contributed by atoms with Gasteiger partial charge in [-0.2, -0.15) is 0 Å². The molecule has 0 aromatic carbocycles. The average Bonchev–Trinajstić information content (AvgIpc) is 3.16. The Balaban J connectivity index is 2.44. The lowest BCUT2D eigenvalue weighted by Crippen LogP contribution is -2.53. The molecule has 0 radical (unpaired) electrons. The number of amides is 3. The largest absolute Gasteiger partial charge is 0.481 e. The second-order valence-electron chi connectivity index (χ2n) is 6.23. The number of aliphatic carboxylic acids is 2. The summed E-state index contributed by atoms with van der Waals surface area (Å²) >= 11 is 0. The quantitative estimate of drug-likeness (QED) is 0.190. The summed E-state index contributed by atoms with van der Waals surface area (Å²) < 4.78 is 0. The fourth-order valence-corrected chi connectivity index (χ4v) is 2.18. The van der Waals surface area contributed by atoms with Gasteiger partial charge in [0.05, 0.1) is 18.9 Å². The fourth-order valence-electron chi connectivity index (χ4n) is 2.18. The number of carbonyl (C=O) groups is 5. The molecule has 0 fully saturated rings. The molecule has 1 aromatic heterocycles. The van der Waals surface area contributed by atoms with E-state index in [1.54, 1.807) is 0 Å². The molecule has 8 N–H and O–H groups in total. The smallest absolute Gasteiger partial charge is 0.326 e. The van der Waals surface area contributed by atoms with Crippen molar-refractivity contribution in [1.29, 1.82) is 0 Å². The lowest BCUT2D eigenvalue weighted by Gasteiger charge is -2.18. The number of carbonyl (C=O) groups excluding carboxylic acids is 3. The van der Waals surface area contributed by atoms with Gasteiger partial charge in [-0.15, -0.1) is 0 Å². The van der Waals surface area contributed by atoms with Crippen LogP contribution in [0.25, 0.3) is 0 Å². The van der Waals surface area contributed by atoms with Crippen LogP contribution in [0, 0.1) is 0 Å². The number of nitrogens with two attached hydrogens (primary N) is 1. The van der Waals surface area contributed by atoms with Gasteiger partial charge in [0, 0.05) is 24.7 Å². The second kappa shape index (κ2) is 11.4. The third-order valence-electron chi connectivity index (χ3n) is 3.79. The molecule has 1 aromatic rings. The number of rotatable bonds is 12. The lowest BCUT2D eigenvalue weighted by atomic mass is 10.1. The van der Waals surface area contributed by atoms with Crippen LogP contribution in [0.3, 0.4) is 0 Å². The van der Waals surface area contributed by atoms with Crippen LogP contribution in [0.2, 0.25) is 0 Å². The molecule has 1 heterocycles. The van der Waals surface area contributed by atoms with Gasteiger partial charge >= 0.3 is 11.9 Å². The molecule has 0 aliphatic carbocycles. The molecule has 29 heavy (non-hydrogen) atoms. The Morgan fingerprint density at radius 2 is 1.86 bits per heavy atom. The minimum atomic E-state index is -1.26. The molecular weight excluding hydrogens is 388 g/mol. The number of hydrogen-bond donors (Lipinski definition) is 7. The first-order valence-corrected chi connectivity index (χ1v) is 8.65. The summed E-state index contributed by atoms with van der Waals surface area (Å²) in [5.41, 5.74) is 6.02. The van der Waals surface area contributed by atoms with Crippen LogP contribution in [-0.4, -0.2) is 74.5 Å². The van der Waals surface area contributed by atoms with Gasteiger partial charge < -0.3 is 36.9 Å². The average molecular weight is 412 g/mol. The van der Waals surface area contributed by atoms with Crippen molar-refractivity contribution >= 4 is 29.7 Å². The Bertz CT molecular complexity index is 736. The van der Waals surface area contributed by atoms with E-state index in [2.05, 4.69) is 25.9 Å². The van der Waals surface area contributed by atoms with E-state index in [4.69, 9.17) is 10.8 Å². The van der Waals surface area contributed by atoms with Crippen LogP contribution in [0.5, 0.6) is 0 Å². The first-order chi connectivity index (χ1) is 13.6. The predicted molar refractivity (Wildman–Crippen MR) is 97.3 cm³/mol. The van der Waals surface area contributed by atoms with Crippen molar-refractivity contribution in [2.45, 2.75) is 44.3 Å². The maximum absolute atomic E-state index is 12.1. The first-order valence-electron chi connectivity index (χ1n) is 8.65. The van der Waals surface area contributed by atoms with E-state index in [9.17, 15) is 29.1 Å². The number of imidazole rings is 1. The third kappa shape index (κ3) is 8.83. The van der Waals surface area contributed by atoms with Gasteiger partial charge in [-0.05, 0) is 13.3 Å². The summed E-state index contributed by atoms with van der Waals surface area (Å²) in [5.74, 6) is -4.49. The molecule has 3 amide bonds. The first kappa shape index (κ1) is 23.6. The summed E-state index contributed by atoms with van der Waals surface area (Å²) in [4.78, 5) is 63.9. The predicted octanol–water partition coefficient (Wildman–Crippen LogP) is -2.67. The minimum absolute atomic E-state index is 0.0218. The van der Waals surface area contributed by atoms with Crippen LogP contribution in [0.4, 0.5) is 0 Å². The van der Waals surface area contributed by atoms with E-state index in [0.717, 1.165) is 0 Å². The van der Waals surface area contributed by atoms with E-state index in [1.165, 1.54) is 19.4 Å². The van der Waals surface area contributed by atoms with Crippen molar-refractivity contribution < 1.29 is 34.2 Å². The molecule has 0 bridgehead atoms. The number of nitrogens with one attached hydrogen (secondary N) is 4. The highest BCUT2D eigenvalue weighted by molar-refractivity contribution is 5.92. The molecule has 160 valence electrons. The Kier molecular flexibility index (Phi) is 9.25. The number of carboxylic acids is 2. The Hall–Kier alpha value is -3.48. The summed E-state index contributed by atoms with van der Waals surface area (Å²) in [7, 11) is 0. The molecular formula is C16H24N6O7. The zero-order valence-corrected chi connectivity index (χ0v) is 15.7. The SMILES string of the molecule is CC(NC(=O)CNC(=O)C(N)CCC(=O)O)C(=O)NC(Cc1cnc[nH]1)C(=O)O. The van der Waals surface area contributed by atoms with E-state index >= 15 is 0 Å². The van der Waals surface area contributed by atoms with Crippen LogP contribution >= 0.6 is 0 Å². The highest BCUT2D eigenvalue weighted by Gasteiger charge is 2.25. The van der Waals surface area contributed by atoms with Crippen molar-refractivity contribution in [3.63, 3.8) is 0 Å². The zero-order valence-electron chi connectivity index (χ0n) is 15.7. The number of nitrogens with zero attached hydrogens (tertiary/aromatic N) is 1.